The van der Waals surface area contributed by atoms with E-state index in [9.17, 15) is 19.8 Å². The normalized spacial score (nSPS) is 11.2. The molecule has 9 nitrogen and oxygen atoms in total. The number of aromatic nitrogens is 3. The van der Waals surface area contributed by atoms with Crippen molar-refractivity contribution < 1.29 is 24.5 Å². The van der Waals surface area contributed by atoms with Crippen LogP contribution < -0.4 is 10.5 Å². The molecule has 4 aromatic rings. The van der Waals surface area contributed by atoms with Gasteiger partial charge in [0.05, 0.1) is 10.9 Å². The third-order valence-corrected chi connectivity index (χ3v) is 6.12. The molecule has 2 aromatic heterocycles. The van der Waals surface area contributed by atoms with Crippen molar-refractivity contribution in [1.29, 1.82) is 0 Å². The van der Waals surface area contributed by atoms with Crippen LogP contribution in [0.4, 0.5) is 0 Å². The van der Waals surface area contributed by atoms with Crippen molar-refractivity contribution in [1.82, 2.24) is 14.5 Å². The van der Waals surface area contributed by atoms with Crippen molar-refractivity contribution in [2.75, 3.05) is 6.61 Å². The first-order chi connectivity index (χ1) is 16.9. The molecule has 1 amide bonds. The number of primary amides is 1. The molecule has 0 unspecified atom stereocenters. The summed E-state index contributed by atoms with van der Waals surface area (Å²) in [6.07, 6.45) is -1.36. The summed E-state index contributed by atoms with van der Waals surface area (Å²) >= 11 is 1.29. The van der Waals surface area contributed by atoms with E-state index in [4.69, 9.17) is 15.5 Å². The van der Waals surface area contributed by atoms with Crippen LogP contribution in [0.2, 0.25) is 0 Å². The first kappa shape index (κ1) is 24.4. The molecule has 180 valence electrons. The number of rotatable bonds is 10. The Morgan fingerprint density at radius 1 is 1.06 bits per heavy atom. The number of aliphatic hydroxyl groups is 2. The Morgan fingerprint density at radius 2 is 1.71 bits per heavy atom. The topological polar surface area (TPSA) is 141 Å². The number of ketones is 1. The number of Topliss-reactive ketones (excluding diaryl/α,β-unsaturated/α-hetero) is 1. The van der Waals surface area contributed by atoms with Crippen molar-refractivity contribution in [3.05, 3.63) is 77.5 Å². The standard InChI is InChI=1S/C25H24N4O5S/c1-2-17-19(21(32)22(26)33)20-23(29(17)13-15-9-5-3-6-10-15)27-25(28-24(20)34-14-18(30)31)35-16-11-7-4-8-12-16/h3-12,18,30-31H,2,13-14H2,1H3,(H2,26,33). The van der Waals surface area contributed by atoms with Gasteiger partial charge in [-0.05, 0) is 35.9 Å². The third-order valence-electron chi connectivity index (χ3n) is 5.25. The zero-order valence-electron chi connectivity index (χ0n) is 18.9. The predicted octanol–water partition coefficient (Wildman–Crippen LogP) is 2.55. The Kier molecular flexibility index (Phi) is 7.45. The lowest BCUT2D eigenvalue weighted by Gasteiger charge is -2.12. The number of aliphatic hydroxyl groups excluding tert-OH is 1. The van der Waals surface area contributed by atoms with Gasteiger partial charge < -0.3 is 25.3 Å². The summed E-state index contributed by atoms with van der Waals surface area (Å²) in [6.45, 7) is 1.75. The zero-order valence-corrected chi connectivity index (χ0v) is 19.7. The van der Waals surface area contributed by atoms with Gasteiger partial charge in [-0.1, -0.05) is 55.5 Å². The Morgan fingerprint density at radius 3 is 2.31 bits per heavy atom. The fourth-order valence-corrected chi connectivity index (χ4v) is 4.56. The van der Waals surface area contributed by atoms with Crippen LogP contribution in [-0.4, -0.2) is 49.3 Å². The van der Waals surface area contributed by atoms with E-state index in [-0.39, 0.29) is 16.8 Å². The minimum absolute atomic E-state index is 0.0346. The zero-order chi connectivity index (χ0) is 24.9. The second-order valence-electron chi connectivity index (χ2n) is 7.66. The molecule has 10 heteroatoms. The SMILES string of the molecule is CCc1c(C(=O)C(N)=O)c2c(OCC(O)O)nc(Sc3ccccc3)nc2n1Cc1ccccc1. The summed E-state index contributed by atoms with van der Waals surface area (Å²) in [5, 5.41) is 19.3. The van der Waals surface area contributed by atoms with Gasteiger partial charge >= 0.3 is 0 Å². The quantitative estimate of drug-likeness (QED) is 0.133. The molecule has 0 spiro atoms. The van der Waals surface area contributed by atoms with Crippen LogP contribution in [0, 0.1) is 0 Å². The van der Waals surface area contributed by atoms with Crippen LogP contribution in [0.25, 0.3) is 11.0 Å². The average Bonchev–Trinajstić information content (AvgIpc) is 3.16. The number of carbonyl (C=O) groups is 2. The number of ether oxygens (including phenoxy) is 1. The molecule has 2 heterocycles. The summed E-state index contributed by atoms with van der Waals surface area (Å²) < 4.78 is 7.46. The van der Waals surface area contributed by atoms with E-state index in [1.54, 1.807) is 0 Å². The van der Waals surface area contributed by atoms with Gasteiger partial charge in [-0.15, -0.1) is 0 Å². The van der Waals surface area contributed by atoms with Crippen LogP contribution in [0.15, 0.2) is 70.7 Å². The lowest BCUT2D eigenvalue weighted by Crippen LogP contribution is -2.24. The van der Waals surface area contributed by atoms with Crippen LogP contribution in [0.3, 0.4) is 0 Å². The maximum absolute atomic E-state index is 13.0. The second-order valence-corrected chi connectivity index (χ2v) is 8.70. The molecule has 0 aliphatic heterocycles. The minimum atomic E-state index is -1.77. The third kappa shape index (κ3) is 5.35. The highest BCUT2D eigenvalue weighted by Crippen LogP contribution is 2.36. The number of hydrogen-bond acceptors (Lipinski definition) is 8. The molecular weight excluding hydrogens is 468 g/mol. The lowest BCUT2D eigenvalue weighted by molar-refractivity contribution is -0.114. The van der Waals surface area contributed by atoms with Crippen LogP contribution >= 0.6 is 11.8 Å². The molecule has 0 radical (unpaired) electrons. The summed E-state index contributed by atoms with van der Waals surface area (Å²) in [7, 11) is 0. The van der Waals surface area contributed by atoms with E-state index < -0.39 is 24.6 Å². The van der Waals surface area contributed by atoms with Gasteiger partial charge in [-0.2, -0.15) is 4.98 Å². The van der Waals surface area contributed by atoms with E-state index in [1.165, 1.54) is 11.8 Å². The van der Waals surface area contributed by atoms with Crippen molar-refractivity contribution in [2.45, 2.75) is 36.2 Å². The predicted molar refractivity (Wildman–Crippen MR) is 130 cm³/mol. The minimum Gasteiger partial charge on any atom is -0.472 e. The molecule has 0 saturated carbocycles. The number of amides is 1. The molecule has 0 bridgehead atoms. The highest BCUT2D eigenvalue weighted by atomic mass is 32.2. The Hall–Kier alpha value is -3.73. The fourth-order valence-electron chi connectivity index (χ4n) is 3.80. The number of hydrogen-bond donors (Lipinski definition) is 3. The highest BCUT2D eigenvalue weighted by molar-refractivity contribution is 7.99. The van der Waals surface area contributed by atoms with Crippen molar-refractivity contribution in [3.63, 3.8) is 0 Å². The van der Waals surface area contributed by atoms with Gasteiger partial charge in [0.25, 0.3) is 11.7 Å². The molecule has 0 aliphatic rings. The average molecular weight is 493 g/mol. The summed E-state index contributed by atoms with van der Waals surface area (Å²) in [5.74, 6) is -2.04. The first-order valence-corrected chi connectivity index (χ1v) is 11.7. The number of fused-ring (bicyclic) bond motifs is 1. The summed E-state index contributed by atoms with van der Waals surface area (Å²) in [6, 6.07) is 19.1. The number of carbonyl (C=O) groups excluding carboxylic acids is 2. The maximum Gasteiger partial charge on any atom is 0.289 e. The maximum atomic E-state index is 13.0. The summed E-state index contributed by atoms with van der Waals surface area (Å²) in [5.41, 5.74) is 7.34. The smallest absolute Gasteiger partial charge is 0.289 e. The van der Waals surface area contributed by atoms with Crippen LogP contribution in [0.5, 0.6) is 5.88 Å². The Bertz CT molecular complexity index is 1360. The van der Waals surface area contributed by atoms with Crippen LogP contribution in [0.1, 0.15) is 28.5 Å². The Balaban J connectivity index is 1.99. The van der Waals surface area contributed by atoms with Crippen molar-refractivity contribution in [2.24, 2.45) is 5.73 Å². The van der Waals surface area contributed by atoms with Crippen molar-refractivity contribution in [3.8, 4) is 5.88 Å². The Labute approximate surface area is 205 Å². The van der Waals surface area contributed by atoms with E-state index in [1.807, 2.05) is 72.2 Å². The first-order valence-electron chi connectivity index (χ1n) is 10.9. The molecular formula is C25H24N4O5S. The van der Waals surface area contributed by atoms with Gasteiger partial charge in [0.2, 0.25) is 5.88 Å². The monoisotopic (exact) mass is 492 g/mol. The molecule has 35 heavy (non-hydrogen) atoms. The molecule has 2 aromatic carbocycles. The van der Waals surface area contributed by atoms with Crippen LogP contribution in [-0.2, 0) is 17.8 Å². The number of nitrogens with two attached hydrogens (primary N) is 1. The highest BCUT2D eigenvalue weighted by Gasteiger charge is 2.30. The lowest BCUT2D eigenvalue weighted by atomic mass is 10.1. The van der Waals surface area contributed by atoms with Gasteiger partial charge in [0.15, 0.2) is 11.4 Å². The van der Waals surface area contributed by atoms with Gasteiger partial charge in [0, 0.05) is 17.1 Å². The van der Waals surface area contributed by atoms with E-state index in [0.29, 0.717) is 29.5 Å². The molecule has 4 rings (SSSR count). The van der Waals surface area contributed by atoms with Gasteiger partial charge in [-0.25, -0.2) is 4.98 Å². The van der Waals surface area contributed by atoms with Crippen molar-refractivity contribution >= 4 is 34.5 Å². The van der Waals surface area contributed by atoms with E-state index >= 15 is 0 Å². The molecule has 0 saturated heterocycles. The fraction of sp³-hybridized carbons (Fsp3) is 0.200. The van der Waals surface area contributed by atoms with E-state index in [0.717, 1.165) is 10.5 Å². The number of nitrogens with zero attached hydrogens (tertiary/aromatic N) is 3. The van der Waals surface area contributed by atoms with Gasteiger partial charge in [-0.3, -0.25) is 9.59 Å². The summed E-state index contributed by atoms with van der Waals surface area (Å²) in [4.78, 5) is 35.0. The molecule has 0 atom stereocenters. The second kappa shape index (κ2) is 10.7. The molecule has 0 aliphatic carbocycles. The van der Waals surface area contributed by atoms with E-state index in [2.05, 4.69) is 4.98 Å². The van der Waals surface area contributed by atoms with Gasteiger partial charge in [0.1, 0.15) is 12.3 Å². The largest absolute Gasteiger partial charge is 0.472 e. The molecule has 4 N–H and O–H groups in total. The number of benzene rings is 2. The molecule has 0 fully saturated rings.